The molecule has 3 rings (SSSR count). The molecule has 0 aliphatic carbocycles. The first kappa shape index (κ1) is 17.9. The fraction of sp³-hybridized carbons (Fsp3) is 0.300. The van der Waals surface area contributed by atoms with Gasteiger partial charge in [-0.05, 0) is 11.1 Å². The van der Waals surface area contributed by atoms with Crippen LogP contribution in [0.4, 0.5) is 4.79 Å². The molecule has 0 aromatic heterocycles. The molecular formula is C20H24N4O2. The maximum atomic E-state index is 12.2. The number of amides is 3. The second-order valence-corrected chi connectivity index (χ2v) is 6.36. The smallest absolute Gasteiger partial charge is 0.312 e. The van der Waals surface area contributed by atoms with Crippen molar-refractivity contribution in [3.8, 4) is 0 Å². The number of urea groups is 1. The van der Waals surface area contributed by atoms with Gasteiger partial charge in [-0.25, -0.2) is 4.79 Å². The zero-order valence-corrected chi connectivity index (χ0v) is 14.7. The summed E-state index contributed by atoms with van der Waals surface area (Å²) in [5, 5.41) is 2.36. The van der Waals surface area contributed by atoms with E-state index >= 15 is 0 Å². The van der Waals surface area contributed by atoms with Crippen molar-refractivity contribution in [3.63, 3.8) is 0 Å². The van der Waals surface area contributed by atoms with Crippen LogP contribution < -0.4 is 11.1 Å². The summed E-state index contributed by atoms with van der Waals surface area (Å²) < 4.78 is 0. The first-order valence-corrected chi connectivity index (χ1v) is 8.80. The highest BCUT2D eigenvalue weighted by atomic mass is 16.2. The van der Waals surface area contributed by atoms with E-state index in [9.17, 15) is 9.59 Å². The summed E-state index contributed by atoms with van der Waals surface area (Å²) >= 11 is 0. The highest BCUT2D eigenvalue weighted by molar-refractivity contribution is 5.83. The van der Waals surface area contributed by atoms with Gasteiger partial charge in [-0.1, -0.05) is 60.7 Å². The lowest BCUT2D eigenvalue weighted by Crippen LogP contribution is -2.52. The van der Waals surface area contributed by atoms with Crippen molar-refractivity contribution < 1.29 is 9.59 Å². The van der Waals surface area contributed by atoms with Gasteiger partial charge in [0, 0.05) is 26.2 Å². The summed E-state index contributed by atoms with van der Waals surface area (Å²) in [6.45, 7) is 2.77. The maximum Gasteiger partial charge on any atom is 0.312 e. The Morgan fingerprint density at radius 2 is 1.38 bits per heavy atom. The molecule has 3 N–H and O–H groups in total. The van der Waals surface area contributed by atoms with Crippen molar-refractivity contribution in [1.82, 2.24) is 15.1 Å². The van der Waals surface area contributed by atoms with E-state index in [4.69, 9.17) is 5.73 Å². The van der Waals surface area contributed by atoms with Crippen molar-refractivity contribution in [3.05, 3.63) is 71.8 Å². The second-order valence-electron chi connectivity index (χ2n) is 6.36. The van der Waals surface area contributed by atoms with Gasteiger partial charge >= 0.3 is 6.03 Å². The molecule has 0 atom stereocenters. The van der Waals surface area contributed by atoms with E-state index in [-0.39, 0.29) is 18.5 Å². The molecule has 0 spiro atoms. The molecule has 0 radical (unpaired) electrons. The SMILES string of the molecule is NC(=O)NCC(=O)N1CCN(C(c2ccccc2)c2ccccc2)CC1. The molecule has 26 heavy (non-hydrogen) atoms. The van der Waals surface area contributed by atoms with E-state index in [0.29, 0.717) is 13.1 Å². The minimum atomic E-state index is -0.676. The van der Waals surface area contributed by atoms with Crippen LogP contribution >= 0.6 is 0 Å². The first-order valence-electron chi connectivity index (χ1n) is 8.80. The highest BCUT2D eigenvalue weighted by Gasteiger charge is 2.27. The summed E-state index contributed by atoms with van der Waals surface area (Å²) in [4.78, 5) is 27.1. The van der Waals surface area contributed by atoms with Crippen LogP contribution in [0.2, 0.25) is 0 Å². The van der Waals surface area contributed by atoms with E-state index in [1.807, 2.05) is 12.1 Å². The third-order valence-corrected chi connectivity index (χ3v) is 4.68. The van der Waals surface area contributed by atoms with Crippen LogP contribution in [0.1, 0.15) is 17.2 Å². The van der Waals surface area contributed by atoms with Gasteiger partial charge in [0.05, 0.1) is 12.6 Å². The highest BCUT2D eigenvalue weighted by Crippen LogP contribution is 2.29. The number of hydrogen-bond donors (Lipinski definition) is 2. The monoisotopic (exact) mass is 352 g/mol. The molecular weight excluding hydrogens is 328 g/mol. The maximum absolute atomic E-state index is 12.2. The Morgan fingerprint density at radius 1 is 0.885 bits per heavy atom. The molecule has 0 bridgehead atoms. The number of nitrogens with zero attached hydrogens (tertiary/aromatic N) is 2. The summed E-state index contributed by atoms with van der Waals surface area (Å²) in [6, 6.07) is 20.3. The summed E-state index contributed by atoms with van der Waals surface area (Å²) in [5.74, 6) is -0.0978. The molecule has 6 heteroatoms. The van der Waals surface area contributed by atoms with Crippen LogP contribution in [-0.2, 0) is 4.79 Å². The normalized spacial score (nSPS) is 15.0. The largest absolute Gasteiger partial charge is 0.352 e. The van der Waals surface area contributed by atoms with Crippen LogP contribution in [0.15, 0.2) is 60.7 Å². The molecule has 1 fully saturated rings. The number of nitrogens with one attached hydrogen (secondary N) is 1. The van der Waals surface area contributed by atoms with E-state index in [0.717, 1.165) is 13.1 Å². The standard InChI is InChI=1S/C20H24N4O2/c21-20(26)22-15-18(25)23-11-13-24(14-12-23)19(16-7-3-1-4-8-16)17-9-5-2-6-10-17/h1-10,19H,11-15H2,(H3,21,22,26). The quantitative estimate of drug-likeness (QED) is 0.858. The summed E-state index contributed by atoms with van der Waals surface area (Å²) in [6.07, 6.45) is 0. The Labute approximate surface area is 153 Å². The minimum absolute atomic E-state index is 0.0455. The molecule has 0 unspecified atom stereocenters. The average Bonchev–Trinajstić information content (AvgIpc) is 2.68. The number of hydrogen-bond acceptors (Lipinski definition) is 3. The van der Waals surface area contributed by atoms with Gasteiger partial charge in [-0.2, -0.15) is 0 Å². The van der Waals surface area contributed by atoms with E-state index in [1.165, 1.54) is 11.1 Å². The molecule has 1 saturated heterocycles. The molecule has 0 saturated carbocycles. The van der Waals surface area contributed by atoms with Crippen LogP contribution in [-0.4, -0.2) is 54.5 Å². The van der Waals surface area contributed by atoms with Crippen LogP contribution in [0.5, 0.6) is 0 Å². The Kier molecular flexibility index (Phi) is 5.86. The van der Waals surface area contributed by atoms with Gasteiger partial charge in [-0.3, -0.25) is 9.69 Å². The zero-order valence-electron chi connectivity index (χ0n) is 14.7. The number of nitrogens with two attached hydrogens (primary N) is 1. The van der Waals surface area contributed by atoms with Gasteiger partial charge in [0.2, 0.25) is 5.91 Å². The van der Waals surface area contributed by atoms with Crippen molar-refractivity contribution >= 4 is 11.9 Å². The molecule has 2 aromatic carbocycles. The fourth-order valence-corrected chi connectivity index (χ4v) is 3.39. The number of primary amides is 1. The third kappa shape index (κ3) is 4.40. The van der Waals surface area contributed by atoms with Gasteiger partial charge < -0.3 is 16.0 Å². The van der Waals surface area contributed by atoms with Gasteiger partial charge in [0.1, 0.15) is 0 Å². The third-order valence-electron chi connectivity index (χ3n) is 4.68. The predicted molar refractivity (Wildman–Crippen MR) is 100 cm³/mol. The zero-order chi connectivity index (χ0) is 18.4. The van der Waals surface area contributed by atoms with Crippen molar-refractivity contribution in [2.45, 2.75) is 6.04 Å². The first-order chi connectivity index (χ1) is 12.6. The number of benzene rings is 2. The molecule has 6 nitrogen and oxygen atoms in total. The molecule has 1 heterocycles. The second kappa shape index (κ2) is 8.49. The van der Waals surface area contributed by atoms with Crippen molar-refractivity contribution in [1.29, 1.82) is 0 Å². The number of piperazine rings is 1. The molecule has 3 amide bonds. The van der Waals surface area contributed by atoms with E-state index in [2.05, 4.69) is 58.7 Å². The summed E-state index contributed by atoms with van der Waals surface area (Å²) in [7, 11) is 0. The number of rotatable bonds is 5. The summed E-state index contributed by atoms with van der Waals surface area (Å²) in [5.41, 5.74) is 7.52. The van der Waals surface area contributed by atoms with Crippen LogP contribution in [0.3, 0.4) is 0 Å². The Morgan fingerprint density at radius 3 is 1.85 bits per heavy atom. The number of carbonyl (C=O) groups is 2. The lowest BCUT2D eigenvalue weighted by atomic mass is 9.96. The van der Waals surface area contributed by atoms with E-state index in [1.54, 1.807) is 4.90 Å². The van der Waals surface area contributed by atoms with Gasteiger partial charge in [0.15, 0.2) is 0 Å². The Balaban J connectivity index is 1.70. The lowest BCUT2D eigenvalue weighted by molar-refractivity contribution is -0.132. The van der Waals surface area contributed by atoms with Gasteiger partial charge in [-0.15, -0.1) is 0 Å². The predicted octanol–water partition coefficient (Wildman–Crippen LogP) is 1.59. The van der Waals surface area contributed by atoms with E-state index < -0.39 is 6.03 Å². The van der Waals surface area contributed by atoms with Crippen molar-refractivity contribution in [2.75, 3.05) is 32.7 Å². The average molecular weight is 352 g/mol. The number of carbonyl (C=O) groups excluding carboxylic acids is 2. The topological polar surface area (TPSA) is 78.7 Å². The lowest BCUT2D eigenvalue weighted by Gasteiger charge is -2.39. The van der Waals surface area contributed by atoms with Crippen LogP contribution in [0, 0.1) is 0 Å². The Bertz CT molecular complexity index is 688. The molecule has 1 aliphatic heterocycles. The Hall–Kier alpha value is -2.86. The van der Waals surface area contributed by atoms with Gasteiger partial charge in [0.25, 0.3) is 0 Å². The molecule has 2 aromatic rings. The molecule has 1 aliphatic rings. The minimum Gasteiger partial charge on any atom is -0.352 e. The van der Waals surface area contributed by atoms with Crippen molar-refractivity contribution in [2.24, 2.45) is 5.73 Å². The van der Waals surface area contributed by atoms with Crippen LogP contribution in [0.25, 0.3) is 0 Å². The fourth-order valence-electron chi connectivity index (χ4n) is 3.39. The molecule has 136 valence electrons.